The third-order valence-electron chi connectivity index (χ3n) is 4.92. The Labute approximate surface area is 128 Å². The summed E-state index contributed by atoms with van der Waals surface area (Å²) >= 11 is 0. The van der Waals surface area contributed by atoms with Crippen molar-refractivity contribution in [3.8, 4) is 0 Å². The van der Waals surface area contributed by atoms with Gasteiger partial charge >= 0.3 is 5.97 Å². The van der Waals surface area contributed by atoms with Gasteiger partial charge < -0.3 is 10.0 Å². The Kier molecular flexibility index (Phi) is 3.57. The molecule has 23 heavy (non-hydrogen) atoms. The fourth-order valence-corrected chi connectivity index (χ4v) is 3.69. The number of benzene rings is 1. The molecular weight excluding hydrogens is 318 g/mol. The molecule has 0 aromatic heterocycles. The second-order valence-corrected chi connectivity index (χ2v) is 6.08. The quantitative estimate of drug-likeness (QED) is 0.515. The lowest BCUT2D eigenvalue weighted by Crippen LogP contribution is -2.37. The molecule has 4 nitrogen and oxygen atoms in total. The molecule has 1 saturated heterocycles. The lowest BCUT2D eigenvalue weighted by atomic mass is 9.81. The van der Waals surface area contributed by atoms with Crippen molar-refractivity contribution >= 4 is 11.9 Å². The zero-order valence-corrected chi connectivity index (χ0v) is 11.9. The van der Waals surface area contributed by atoms with Crippen LogP contribution in [-0.2, 0) is 4.79 Å². The van der Waals surface area contributed by atoms with E-state index in [-0.39, 0.29) is 19.0 Å². The highest BCUT2D eigenvalue weighted by atomic mass is 19.2. The first-order chi connectivity index (χ1) is 10.8. The van der Waals surface area contributed by atoms with Crippen LogP contribution in [0.2, 0.25) is 0 Å². The average Bonchev–Trinajstić information content (AvgIpc) is 3.06. The highest BCUT2D eigenvalue weighted by Gasteiger charge is 2.56. The number of aliphatic carboxylic acids is 1. The molecule has 2 atom stereocenters. The maximum Gasteiger partial charge on any atom is 0.311 e. The SMILES string of the molecule is O=C(c1cc(F)c(F)c(F)c1F)N1C[C@@H]2CCC[C@@]2(C(=O)O)C1. The number of nitrogens with zero attached hydrogens (tertiary/aromatic N) is 1. The van der Waals surface area contributed by atoms with Crippen molar-refractivity contribution < 1.29 is 32.3 Å². The Balaban J connectivity index is 1.93. The lowest BCUT2D eigenvalue weighted by Gasteiger charge is -2.23. The molecule has 1 aromatic rings. The van der Waals surface area contributed by atoms with Crippen molar-refractivity contribution in [1.82, 2.24) is 4.90 Å². The molecule has 0 unspecified atom stereocenters. The highest BCUT2D eigenvalue weighted by Crippen LogP contribution is 2.49. The van der Waals surface area contributed by atoms with Gasteiger partial charge in [0.25, 0.3) is 5.91 Å². The Morgan fingerprint density at radius 1 is 1.17 bits per heavy atom. The summed E-state index contributed by atoms with van der Waals surface area (Å²) in [5.41, 5.74) is -2.02. The van der Waals surface area contributed by atoms with Crippen LogP contribution in [0.4, 0.5) is 17.6 Å². The number of fused-ring (bicyclic) bond motifs is 1. The second-order valence-electron chi connectivity index (χ2n) is 6.08. The third-order valence-corrected chi connectivity index (χ3v) is 4.92. The van der Waals surface area contributed by atoms with Crippen molar-refractivity contribution in [3.63, 3.8) is 0 Å². The van der Waals surface area contributed by atoms with Gasteiger partial charge in [0, 0.05) is 13.1 Å². The lowest BCUT2D eigenvalue weighted by molar-refractivity contribution is -0.149. The first kappa shape index (κ1) is 15.8. The van der Waals surface area contributed by atoms with Crippen molar-refractivity contribution in [1.29, 1.82) is 0 Å². The van der Waals surface area contributed by atoms with Crippen LogP contribution in [0.25, 0.3) is 0 Å². The molecule has 0 spiro atoms. The van der Waals surface area contributed by atoms with Gasteiger partial charge in [-0.2, -0.15) is 0 Å². The number of amides is 1. The predicted octanol–water partition coefficient (Wildman–Crippen LogP) is 2.57. The number of carbonyl (C=O) groups excluding carboxylic acids is 1. The van der Waals surface area contributed by atoms with Gasteiger partial charge in [0.05, 0.1) is 11.0 Å². The highest BCUT2D eigenvalue weighted by molar-refractivity contribution is 5.95. The number of rotatable bonds is 2. The molecule has 1 aliphatic carbocycles. The van der Waals surface area contributed by atoms with Crippen LogP contribution in [0.3, 0.4) is 0 Å². The summed E-state index contributed by atoms with van der Waals surface area (Å²) in [6.45, 7) is -0.0723. The fourth-order valence-electron chi connectivity index (χ4n) is 3.69. The van der Waals surface area contributed by atoms with E-state index in [1.54, 1.807) is 0 Å². The van der Waals surface area contributed by atoms with Gasteiger partial charge in [0.2, 0.25) is 0 Å². The van der Waals surface area contributed by atoms with Crippen molar-refractivity contribution in [2.45, 2.75) is 19.3 Å². The fraction of sp³-hybridized carbons (Fsp3) is 0.467. The van der Waals surface area contributed by atoms with Crippen LogP contribution in [-0.4, -0.2) is 35.0 Å². The van der Waals surface area contributed by atoms with Crippen molar-refractivity contribution in [2.24, 2.45) is 11.3 Å². The molecule has 1 N–H and O–H groups in total. The smallest absolute Gasteiger partial charge is 0.311 e. The van der Waals surface area contributed by atoms with E-state index in [1.807, 2.05) is 0 Å². The maximum absolute atomic E-state index is 13.7. The molecule has 2 aliphatic rings. The molecule has 8 heteroatoms. The van der Waals surface area contributed by atoms with Crippen LogP contribution in [0, 0.1) is 34.6 Å². The maximum atomic E-state index is 13.7. The molecule has 124 valence electrons. The van der Waals surface area contributed by atoms with E-state index in [1.165, 1.54) is 0 Å². The molecule has 1 amide bonds. The summed E-state index contributed by atoms with van der Waals surface area (Å²) in [6, 6.07) is 0.303. The van der Waals surface area contributed by atoms with Crippen LogP contribution < -0.4 is 0 Å². The summed E-state index contributed by atoms with van der Waals surface area (Å²) < 4.78 is 53.3. The van der Waals surface area contributed by atoms with Crippen LogP contribution in [0.5, 0.6) is 0 Å². The molecule has 2 fully saturated rings. The summed E-state index contributed by atoms with van der Waals surface area (Å²) in [6.07, 6.45) is 1.73. The van der Waals surface area contributed by atoms with Gasteiger partial charge in [-0.15, -0.1) is 0 Å². The molecule has 1 aromatic carbocycles. The molecule has 1 heterocycles. The molecule has 1 saturated carbocycles. The third kappa shape index (κ3) is 2.19. The number of halogens is 4. The van der Waals surface area contributed by atoms with E-state index in [4.69, 9.17) is 0 Å². The number of carboxylic acids is 1. The van der Waals surface area contributed by atoms with E-state index < -0.39 is 46.1 Å². The van der Waals surface area contributed by atoms with E-state index in [0.717, 1.165) is 4.90 Å². The van der Waals surface area contributed by atoms with E-state index in [0.29, 0.717) is 25.3 Å². The standard InChI is InChI=1S/C15H13F4NO3/c16-9-4-8(10(17)12(19)11(9)18)13(21)20-5-7-2-1-3-15(7,6-20)14(22)23/h4,7H,1-3,5-6H2,(H,22,23)/t7-,15+/m0/s1. The van der Waals surface area contributed by atoms with Gasteiger partial charge in [-0.1, -0.05) is 6.42 Å². The molecule has 3 rings (SSSR count). The Bertz CT molecular complexity index is 708. The second kappa shape index (κ2) is 5.21. The zero-order valence-electron chi connectivity index (χ0n) is 11.9. The summed E-state index contributed by atoms with van der Waals surface area (Å²) in [5.74, 6) is -9.82. The number of likely N-dealkylation sites (tertiary alicyclic amines) is 1. The first-order valence-corrected chi connectivity index (χ1v) is 7.13. The van der Waals surface area contributed by atoms with Crippen molar-refractivity contribution in [2.75, 3.05) is 13.1 Å². The Morgan fingerprint density at radius 3 is 2.48 bits per heavy atom. The van der Waals surface area contributed by atoms with Crippen LogP contribution in [0.15, 0.2) is 6.07 Å². The van der Waals surface area contributed by atoms with Crippen molar-refractivity contribution in [3.05, 3.63) is 34.9 Å². The van der Waals surface area contributed by atoms with E-state index >= 15 is 0 Å². The summed E-state index contributed by atoms with van der Waals surface area (Å²) in [7, 11) is 0. The minimum absolute atomic E-state index is 0.0746. The van der Waals surface area contributed by atoms with Gasteiger partial charge in [-0.05, 0) is 24.8 Å². The zero-order chi connectivity index (χ0) is 16.9. The number of hydrogen-bond donors (Lipinski definition) is 1. The normalized spacial score (nSPS) is 26.4. The molecule has 0 bridgehead atoms. The largest absolute Gasteiger partial charge is 0.481 e. The molecule has 1 aliphatic heterocycles. The molecular formula is C15H13F4NO3. The average molecular weight is 331 g/mol. The first-order valence-electron chi connectivity index (χ1n) is 7.13. The predicted molar refractivity (Wildman–Crippen MR) is 69.6 cm³/mol. The number of hydrogen-bond acceptors (Lipinski definition) is 2. The minimum Gasteiger partial charge on any atom is -0.481 e. The van der Waals surface area contributed by atoms with Gasteiger partial charge in [-0.25, -0.2) is 17.6 Å². The van der Waals surface area contributed by atoms with Crippen LogP contribution >= 0.6 is 0 Å². The van der Waals surface area contributed by atoms with Crippen LogP contribution in [0.1, 0.15) is 29.6 Å². The van der Waals surface area contributed by atoms with E-state index in [9.17, 15) is 32.3 Å². The Hall–Kier alpha value is -2.12. The summed E-state index contributed by atoms with van der Waals surface area (Å²) in [5, 5.41) is 9.44. The number of carbonyl (C=O) groups is 2. The summed E-state index contributed by atoms with van der Waals surface area (Å²) in [4.78, 5) is 24.9. The van der Waals surface area contributed by atoms with Gasteiger partial charge in [0.15, 0.2) is 23.3 Å². The topological polar surface area (TPSA) is 57.6 Å². The number of carboxylic acid groups (broad SMARTS) is 1. The molecule has 0 radical (unpaired) electrons. The minimum atomic E-state index is -2.05. The Morgan fingerprint density at radius 2 is 1.87 bits per heavy atom. The van der Waals surface area contributed by atoms with Gasteiger partial charge in [0.1, 0.15) is 0 Å². The monoisotopic (exact) mass is 331 g/mol. The van der Waals surface area contributed by atoms with E-state index in [2.05, 4.69) is 0 Å². The van der Waals surface area contributed by atoms with Gasteiger partial charge in [-0.3, -0.25) is 9.59 Å².